The molecule has 2 aromatic heterocycles. The van der Waals surface area contributed by atoms with Crippen molar-refractivity contribution in [2.45, 2.75) is 4.90 Å². The zero-order chi connectivity index (χ0) is 18.9. The van der Waals surface area contributed by atoms with Crippen molar-refractivity contribution in [1.82, 2.24) is 9.97 Å². The number of fused-ring (bicyclic) bond motifs is 1. The third-order valence-corrected chi connectivity index (χ3v) is 5.38. The fourth-order valence-corrected chi connectivity index (χ4v) is 3.62. The number of rotatable bonds is 3. The van der Waals surface area contributed by atoms with Crippen LogP contribution < -0.4 is 4.57 Å². The van der Waals surface area contributed by atoms with Crippen molar-refractivity contribution in [3.8, 4) is 5.82 Å². The first kappa shape index (κ1) is 17.5. The topological polar surface area (TPSA) is 79.3 Å². The van der Waals surface area contributed by atoms with Crippen LogP contribution in [0.15, 0.2) is 88.4 Å². The largest absolute Gasteiger partial charge is 0.374 e. The van der Waals surface area contributed by atoms with E-state index in [4.69, 9.17) is 11.6 Å². The first-order valence-corrected chi connectivity index (χ1v) is 9.86. The van der Waals surface area contributed by atoms with Crippen LogP contribution in [0.4, 0.5) is 5.82 Å². The molecule has 2 heterocycles. The van der Waals surface area contributed by atoms with E-state index >= 15 is 0 Å². The van der Waals surface area contributed by atoms with E-state index in [-0.39, 0.29) is 10.7 Å². The lowest BCUT2D eigenvalue weighted by atomic mass is 10.3. The zero-order valence-corrected chi connectivity index (χ0v) is 15.5. The summed E-state index contributed by atoms with van der Waals surface area (Å²) in [6.45, 7) is 0. The van der Waals surface area contributed by atoms with E-state index in [0.29, 0.717) is 21.9 Å². The average molecular weight is 398 g/mol. The van der Waals surface area contributed by atoms with Gasteiger partial charge < -0.3 is 0 Å². The van der Waals surface area contributed by atoms with E-state index in [1.807, 2.05) is 36.4 Å². The second kappa shape index (κ2) is 7.03. The molecule has 0 fully saturated rings. The summed E-state index contributed by atoms with van der Waals surface area (Å²) in [6, 6.07) is 18.8. The van der Waals surface area contributed by atoms with Gasteiger partial charge in [-0.2, -0.15) is 0 Å². The summed E-state index contributed by atoms with van der Waals surface area (Å²) in [5.74, 6) is 0.442. The van der Waals surface area contributed by atoms with Gasteiger partial charge in [0, 0.05) is 5.02 Å². The highest BCUT2D eigenvalue weighted by atomic mass is 35.5. The van der Waals surface area contributed by atoms with Gasteiger partial charge in [-0.3, -0.25) is 4.55 Å². The number of hydrogen-bond donors (Lipinski definition) is 1. The van der Waals surface area contributed by atoms with Gasteiger partial charge in [0.05, 0.1) is 17.3 Å². The molecule has 0 radical (unpaired) electrons. The quantitative estimate of drug-likeness (QED) is 0.525. The summed E-state index contributed by atoms with van der Waals surface area (Å²) in [6.07, 6.45) is 3.55. The number of aromatic nitrogens is 3. The predicted molar refractivity (Wildman–Crippen MR) is 104 cm³/mol. The standard InChI is InChI=1S/C19H13ClN4O2S/c20-14-8-10-15(11-9-14)27(25,26)23-18-19(24-12-4-1-5-13-24)22-17-7-3-2-6-16(17)21-18/h1-13H/p+1. The Morgan fingerprint density at radius 1 is 0.889 bits per heavy atom. The molecule has 2 aromatic carbocycles. The van der Waals surface area contributed by atoms with Crippen LogP contribution >= 0.6 is 11.6 Å². The monoisotopic (exact) mass is 397 g/mol. The molecule has 27 heavy (non-hydrogen) atoms. The van der Waals surface area contributed by atoms with Crippen LogP contribution in [-0.2, 0) is 10.0 Å². The summed E-state index contributed by atoms with van der Waals surface area (Å²) >= 11 is 5.86. The predicted octanol–water partition coefficient (Wildman–Crippen LogP) is 4.19. The lowest BCUT2D eigenvalue weighted by Crippen LogP contribution is -2.31. The van der Waals surface area contributed by atoms with Crippen molar-refractivity contribution < 1.29 is 13.3 Å². The first-order valence-electron chi connectivity index (χ1n) is 8.02. The molecule has 1 atom stereocenters. The van der Waals surface area contributed by atoms with Crippen LogP contribution in [-0.4, -0.2) is 18.7 Å². The summed E-state index contributed by atoms with van der Waals surface area (Å²) < 4.78 is 29.1. The van der Waals surface area contributed by atoms with Crippen molar-refractivity contribution in [2.24, 2.45) is 4.36 Å². The Hall–Kier alpha value is -2.87. The molecule has 0 saturated heterocycles. The second-order valence-corrected chi connectivity index (χ2v) is 7.77. The van der Waals surface area contributed by atoms with Crippen molar-refractivity contribution in [1.29, 1.82) is 0 Å². The maximum Gasteiger partial charge on any atom is 0.374 e. The van der Waals surface area contributed by atoms with Gasteiger partial charge in [-0.15, -0.1) is 4.36 Å². The lowest BCUT2D eigenvalue weighted by Gasteiger charge is -2.04. The van der Waals surface area contributed by atoms with Gasteiger partial charge in [-0.05, 0) is 53.5 Å². The molecule has 8 heteroatoms. The van der Waals surface area contributed by atoms with Crippen LogP contribution in [0.25, 0.3) is 16.9 Å². The van der Waals surface area contributed by atoms with E-state index in [2.05, 4.69) is 14.3 Å². The van der Waals surface area contributed by atoms with E-state index in [9.17, 15) is 8.76 Å². The zero-order valence-electron chi connectivity index (χ0n) is 13.9. The third-order valence-electron chi connectivity index (χ3n) is 3.83. The van der Waals surface area contributed by atoms with Gasteiger partial charge in [0.2, 0.25) is 5.52 Å². The number of nitrogens with zero attached hydrogens (tertiary/aromatic N) is 4. The minimum atomic E-state index is -3.73. The highest BCUT2D eigenvalue weighted by Gasteiger charge is 2.21. The van der Waals surface area contributed by atoms with Crippen molar-refractivity contribution in [3.05, 3.63) is 84.1 Å². The second-order valence-electron chi connectivity index (χ2n) is 5.68. The van der Waals surface area contributed by atoms with E-state index < -0.39 is 10.0 Å². The number of para-hydroxylation sites is 2. The fraction of sp³-hybridized carbons (Fsp3) is 0. The molecule has 4 aromatic rings. The van der Waals surface area contributed by atoms with Gasteiger partial charge in [-0.25, -0.2) is 13.8 Å². The van der Waals surface area contributed by atoms with Crippen molar-refractivity contribution in [3.63, 3.8) is 0 Å². The van der Waals surface area contributed by atoms with Crippen LogP contribution in [0, 0.1) is 0 Å². The number of hydrogen-bond acceptors (Lipinski definition) is 4. The molecule has 6 nitrogen and oxygen atoms in total. The van der Waals surface area contributed by atoms with Gasteiger partial charge >= 0.3 is 5.82 Å². The SMILES string of the molecule is O=S(O)(=Nc1nc2ccccc2nc1-[n+]1ccccc1)c1ccc(Cl)cc1. The van der Waals surface area contributed by atoms with Crippen LogP contribution in [0.3, 0.4) is 0 Å². The summed E-state index contributed by atoms with van der Waals surface area (Å²) in [5, 5.41) is 0.472. The van der Waals surface area contributed by atoms with Gasteiger partial charge in [0.15, 0.2) is 10.0 Å². The highest BCUT2D eigenvalue weighted by molar-refractivity contribution is 7.88. The molecular formula is C19H14ClN4O2S+. The summed E-state index contributed by atoms with van der Waals surface area (Å²) in [5.41, 5.74) is 1.25. The normalized spacial score (nSPS) is 13.3. The highest BCUT2D eigenvalue weighted by Crippen LogP contribution is 2.24. The number of pyridine rings is 1. The molecule has 0 amide bonds. The molecule has 0 aliphatic rings. The molecular weight excluding hydrogens is 384 g/mol. The molecule has 1 unspecified atom stereocenters. The number of halogens is 1. The molecule has 4 rings (SSSR count). The minimum Gasteiger partial charge on any atom is -0.296 e. The van der Waals surface area contributed by atoms with E-state index in [1.54, 1.807) is 35.2 Å². The van der Waals surface area contributed by atoms with Crippen LogP contribution in [0.5, 0.6) is 0 Å². The molecule has 1 N–H and O–H groups in total. The van der Waals surface area contributed by atoms with Crippen LogP contribution in [0.2, 0.25) is 5.02 Å². The Bertz CT molecular complexity index is 1240. The average Bonchev–Trinajstić information content (AvgIpc) is 2.68. The Balaban J connectivity index is 1.97. The Labute approximate surface area is 161 Å². The smallest absolute Gasteiger partial charge is 0.296 e. The van der Waals surface area contributed by atoms with Crippen molar-refractivity contribution in [2.75, 3.05) is 0 Å². The fourth-order valence-electron chi connectivity index (χ4n) is 2.54. The van der Waals surface area contributed by atoms with Crippen LogP contribution in [0.1, 0.15) is 0 Å². The lowest BCUT2D eigenvalue weighted by molar-refractivity contribution is -0.598. The van der Waals surface area contributed by atoms with Gasteiger partial charge in [0.1, 0.15) is 5.52 Å². The number of benzene rings is 2. The van der Waals surface area contributed by atoms with Crippen molar-refractivity contribution >= 4 is 38.5 Å². The third kappa shape index (κ3) is 3.66. The maximum absolute atomic E-state index is 12.9. The van der Waals surface area contributed by atoms with E-state index in [0.717, 1.165) is 0 Å². The molecule has 0 saturated carbocycles. The van der Waals surface area contributed by atoms with E-state index in [1.165, 1.54) is 12.1 Å². The Kier molecular flexibility index (Phi) is 4.57. The molecule has 0 aliphatic heterocycles. The molecule has 0 bridgehead atoms. The maximum atomic E-state index is 12.9. The Morgan fingerprint density at radius 2 is 1.52 bits per heavy atom. The summed E-state index contributed by atoms with van der Waals surface area (Å²) in [4.78, 5) is 9.20. The first-order chi connectivity index (χ1) is 13.0. The minimum absolute atomic E-state index is 0.0762. The Morgan fingerprint density at radius 3 is 2.19 bits per heavy atom. The molecule has 0 spiro atoms. The molecule has 0 aliphatic carbocycles. The van der Waals surface area contributed by atoms with Gasteiger partial charge in [-0.1, -0.05) is 29.8 Å². The molecule has 134 valence electrons. The van der Waals surface area contributed by atoms with Gasteiger partial charge in [0.25, 0.3) is 5.82 Å². The summed E-state index contributed by atoms with van der Waals surface area (Å²) in [7, 11) is -3.73.